The molecule has 0 radical (unpaired) electrons. The van der Waals surface area contributed by atoms with Gasteiger partial charge in [0.05, 0.1) is 11.4 Å². The monoisotopic (exact) mass is 354 g/mol. The average Bonchev–Trinajstić information content (AvgIpc) is 2.49. The molecule has 24 heavy (non-hydrogen) atoms. The van der Waals surface area contributed by atoms with E-state index >= 15 is 0 Å². The second-order valence-electron chi connectivity index (χ2n) is 6.40. The first kappa shape index (κ1) is 20.6. The zero-order valence-corrected chi connectivity index (χ0v) is 16.2. The maximum absolute atomic E-state index is 12.1. The molecule has 0 unspecified atom stereocenters. The number of aryl methyl sites for hydroxylation is 1. The molecule has 0 spiro atoms. The van der Waals surface area contributed by atoms with E-state index in [1.807, 2.05) is 32.0 Å². The van der Waals surface area contributed by atoms with Crippen LogP contribution >= 0.6 is 0 Å². The van der Waals surface area contributed by atoms with Crippen molar-refractivity contribution >= 4 is 21.6 Å². The molecule has 0 aliphatic heterocycles. The van der Waals surface area contributed by atoms with Gasteiger partial charge in [-0.25, -0.2) is 13.1 Å². The number of unbranched alkanes of at least 4 members (excludes halogenated alkanes) is 1. The summed E-state index contributed by atoms with van der Waals surface area (Å²) < 4.78 is 26.4. The van der Waals surface area contributed by atoms with Gasteiger partial charge in [0.15, 0.2) is 0 Å². The van der Waals surface area contributed by atoms with Crippen LogP contribution in [-0.2, 0) is 14.8 Å². The number of carbonyl (C=O) groups excluding carboxylic acids is 1. The molecule has 0 saturated carbocycles. The summed E-state index contributed by atoms with van der Waals surface area (Å²) in [6.07, 6.45) is 1.47. The Morgan fingerprint density at radius 1 is 1.29 bits per heavy atom. The van der Waals surface area contributed by atoms with E-state index in [1.54, 1.807) is 4.90 Å². The summed E-state index contributed by atoms with van der Waals surface area (Å²) in [7, 11) is -3.27. The number of amides is 1. The van der Waals surface area contributed by atoms with Crippen molar-refractivity contribution in [2.24, 2.45) is 0 Å². The van der Waals surface area contributed by atoms with E-state index in [4.69, 9.17) is 0 Å². The molecule has 1 aromatic rings. The molecule has 6 heteroatoms. The van der Waals surface area contributed by atoms with Gasteiger partial charge in [-0.05, 0) is 30.4 Å². The largest absolute Gasteiger partial charge is 0.311 e. The molecule has 0 bridgehead atoms. The van der Waals surface area contributed by atoms with Gasteiger partial charge < -0.3 is 4.90 Å². The number of anilines is 1. The van der Waals surface area contributed by atoms with Gasteiger partial charge in [-0.1, -0.05) is 45.4 Å². The standard InChI is InChI=1S/C18H30N2O3S/c1-6-7-13-24(22,23)19-11-12-20(16(5)21)18-15(4)9-8-10-17(18)14(2)3/h8-10,14,19H,6-7,11-13H2,1-5H3. The van der Waals surface area contributed by atoms with Gasteiger partial charge in [-0.15, -0.1) is 0 Å². The van der Waals surface area contributed by atoms with Gasteiger partial charge >= 0.3 is 0 Å². The normalized spacial score (nSPS) is 11.8. The minimum Gasteiger partial charge on any atom is -0.311 e. The maximum Gasteiger partial charge on any atom is 0.223 e. The maximum atomic E-state index is 12.1. The number of nitrogens with zero attached hydrogens (tertiary/aromatic N) is 1. The van der Waals surface area contributed by atoms with Gasteiger partial charge in [-0.3, -0.25) is 4.79 Å². The highest BCUT2D eigenvalue weighted by Gasteiger charge is 2.19. The SMILES string of the molecule is CCCCS(=O)(=O)NCCN(C(C)=O)c1c(C)cccc1C(C)C. The topological polar surface area (TPSA) is 66.5 Å². The van der Waals surface area contributed by atoms with Crippen molar-refractivity contribution in [2.45, 2.75) is 53.4 Å². The van der Waals surface area contributed by atoms with Crippen LogP contribution in [0.5, 0.6) is 0 Å². The summed E-state index contributed by atoms with van der Waals surface area (Å²) in [5, 5.41) is 0. The van der Waals surface area contributed by atoms with Crippen molar-refractivity contribution in [1.82, 2.24) is 4.72 Å². The number of hydrogen-bond donors (Lipinski definition) is 1. The van der Waals surface area contributed by atoms with Crippen LogP contribution < -0.4 is 9.62 Å². The van der Waals surface area contributed by atoms with Gasteiger partial charge in [0.2, 0.25) is 15.9 Å². The van der Waals surface area contributed by atoms with Crippen molar-refractivity contribution in [3.8, 4) is 0 Å². The fraction of sp³-hybridized carbons (Fsp3) is 0.611. The van der Waals surface area contributed by atoms with E-state index in [9.17, 15) is 13.2 Å². The second kappa shape index (κ2) is 9.18. The highest BCUT2D eigenvalue weighted by atomic mass is 32.2. The van der Waals surface area contributed by atoms with Crippen molar-refractivity contribution in [3.05, 3.63) is 29.3 Å². The third-order valence-corrected chi connectivity index (χ3v) is 5.44. The third kappa shape index (κ3) is 5.91. The first-order chi connectivity index (χ1) is 11.2. The quantitative estimate of drug-likeness (QED) is 0.740. The molecule has 0 aliphatic carbocycles. The molecular formula is C18H30N2O3S. The van der Waals surface area contributed by atoms with Crippen molar-refractivity contribution in [1.29, 1.82) is 0 Å². The van der Waals surface area contributed by atoms with Crippen LogP contribution in [0.25, 0.3) is 0 Å². The first-order valence-corrected chi connectivity index (χ1v) is 10.2. The molecule has 136 valence electrons. The Bertz CT molecular complexity index is 654. The predicted octanol–water partition coefficient (Wildman–Crippen LogP) is 3.19. The summed E-state index contributed by atoms with van der Waals surface area (Å²) in [4.78, 5) is 13.8. The zero-order chi connectivity index (χ0) is 18.3. The van der Waals surface area contributed by atoms with Crippen LogP contribution in [0.15, 0.2) is 18.2 Å². The van der Waals surface area contributed by atoms with Crippen LogP contribution in [0.3, 0.4) is 0 Å². The number of nitrogens with one attached hydrogen (secondary N) is 1. The highest BCUT2D eigenvalue weighted by molar-refractivity contribution is 7.89. The van der Waals surface area contributed by atoms with Gasteiger partial charge in [0.25, 0.3) is 0 Å². The molecule has 0 saturated heterocycles. The molecule has 0 aliphatic rings. The number of rotatable bonds is 9. The first-order valence-electron chi connectivity index (χ1n) is 8.54. The minimum atomic E-state index is -3.27. The predicted molar refractivity (Wildman–Crippen MR) is 100.0 cm³/mol. The van der Waals surface area contributed by atoms with Gasteiger partial charge in [0.1, 0.15) is 0 Å². The molecule has 1 amide bonds. The molecule has 5 nitrogen and oxygen atoms in total. The van der Waals surface area contributed by atoms with Crippen LogP contribution in [0, 0.1) is 6.92 Å². The lowest BCUT2D eigenvalue weighted by Gasteiger charge is -2.27. The fourth-order valence-corrected chi connectivity index (χ4v) is 3.88. The molecule has 0 heterocycles. The van der Waals surface area contributed by atoms with Crippen LogP contribution in [0.1, 0.15) is 57.6 Å². The van der Waals surface area contributed by atoms with Gasteiger partial charge in [-0.2, -0.15) is 0 Å². The van der Waals surface area contributed by atoms with Crippen LogP contribution in [-0.4, -0.2) is 33.2 Å². The number of benzene rings is 1. The van der Waals surface area contributed by atoms with Gasteiger partial charge in [0, 0.05) is 20.0 Å². The summed E-state index contributed by atoms with van der Waals surface area (Å²) in [5.41, 5.74) is 3.01. The number of para-hydroxylation sites is 1. The lowest BCUT2D eigenvalue weighted by Crippen LogP contribution is -2.39. The summed E-state index contributed by atoms with van der Waals surface area (Å²) in [5.74, 6) is 0.326. The second-order valence-corrected chi connectivity index (χ2v) is 8.33. The third-order valence-electron chi connectivity index (χ3n) is 3.97. The molecule has 1 N–H and O–H groups in total. The summed E-state index contributed by atoms with van der Waals surface area (Å²) in [6, 6.07) is 5.98. The van der Waals surface area contributed by atoms with Crippen molar-refractivity contribution in [3.63, 3.8) is 0 Å². The van der Waals surface area contributed by atoms with Crippen molar-refractivity contribution < 1.29 is 13.2 Å². The molecular weight excluding hydrogens is 324 g/mol. The Hall–Kier alpha value is -1.40. The fourth-order valence-electron chi connectivity index (χ4n) is 2.66. The minimum absolute atomic E-state index is 0.0843. The van der Waals surface area contributed by atoms with E-state index in [0.717, 1.165) is 23.2 Å². The lowest BCUT2D eigenvalue weighted by molar-refractivity contribution is -0.116. The van der Waals surface area contributed by atoms with Crippen molar-refractivity contribution in [2.75, 3.05) is 23.7 Å². The van der Waals surface area contributed by atoms with E-state index in [1.165, 1.54) is 6.92 Å². The molecule has 1 aromatic carbocycles. The lowest BCUT2D eigenvalue weighted by atomic mass is 9.97. The Kier molecular flexibility index (Phi) is 7.90. The molecule has 1 rings (SSSR count). The highest BCUT2D eigenvalue weighted by Crippen LogP contribution is 2.30. The molecule has 0 fully saturated rings. The Morgan fingerprint density at radius 3 is 2.50 bits per heavy atom. The van der Waals surface area contributed by atoms with Crippen LogP contribution in [0.4, 0.5) is 5.69 Å². The molecule has 0 aromatic heterocycles. The van der Waals surface area contributed by atoms with E-state index in [2.05, 4.69) is 18.6 Å². The number of sulfonamides is 1. The smallest absolute Gasteiger partial charge is 0.223 e. The Morgan fingerprint density at radius 2 is 1.96 bits per heavy atom. The summed E-state index contributed by atoms with van der Waals surface area (Å²) in [6.45, 7) is 10.2. The number of carbonyl (C=O) groups is 1. The Balaban J connectivity index is 2.92. The van der Waals surface area contributed by atoms with E-state index < -0.39 is 10.0 Å². The average molecular weight is 355 g/mol. The zero-order valence-electron chi connectivity index (χ0n) is 15.4. The van der Waals surface area contributed by atoms with Crippen LogP contribution in [0.2, 0.25) is 0 Å². The number of hydrogen-bond acceptors (Lipinski definition) is 3. The van der Waals surface area contributed by atoms with E-state index in [-0.39, 0.29) is 24.1 Å². The molecule has 0 atom stereocenters. The summed E-state index contributed by atoms with van der Waals surface area (Å²) >= 11 is 0. The van der Waals surface area contributed by atoms with E-state index in [0.29, 0.717) is 13.0 Å². The Labute approximate surface area is 146 Å².